The van der Waals surface area contributed by atoms with Crippen molar-refractivity contribution in [3.8, 4) is 5.75 Å². The Hall–Kier alpha value is -1.75. The minimum Gasteiger partial charge on any atom is -0.497 e. The van der Waals surface area contributed by atoms with Crippen molar-refractivity contribution in [2.45, 2.75) is 32.4 Å². The Balaban J connectivity index is 2.07. The van der Waals surface area contributed by atoms with Gasteiger partial charge in [0.25, 0.3) is 5.91 Å². The van der Waals surface area contributed by atoms with Gasteiger partial charge in [-0.05, 0) is 18.6 Å². The van der Waals surface area contributed by atoms with Crippen LogP contribution >= 0.6 is 0 Å². The molecule has 1 aromatic carbocycles. The first-order valence-corrected chi connectivity index (χ1v) is 6.67. The number of methoxy groups -OCH3 is 2. The van der Waals surface area contributed by atoms with Gasteiger partial charge in [-0.2, -0.15) is 0 Å². The van der Waals surface area contributed by atoms with Crippen LogP contribution in [0.4, 0.5) is 5.69 Å². The molecule has 0 spiro atoms. The van der Waals surface area contributed by atoms with Crippen LogP contribution in [0.1, 0.15) is 30.6 Å². The highest BCUT2D eigenvalue weighted by atomic mass is 16.5. The van der Waals surface area contributed by atoms with Crippen molar-refractivity contribution in [3.63, 3.8) is 0 Å². The molecule has 2 rings (SSSR count). The van der Waals surface area contributed by atoms with Gasteiger partial charge in [-0.15, -0.1) is 0 Å². The van der Waals surface area contributed by atoms with Crippen LogP contribution in [0.15, 0.2) is 18.2 Å². The van der Waals surface area contributed by atoms with Crippen LogP contribution in [0.25, 0.3) is 0 Å². The lowest BCUT2D eigenvalue weighted by molar-refractivity contribution is -0.0942. The topological polar surface area (TPSA) is 73.6 Å². The predicted molar refractivity (Wildman–Crippen MR) is 77.9 cm³/mol. The zero-order chi connectivity index (χ0) is 14.9. The van der Waals surface area contributed by atoms with Gasteiger partial charge in [-0.3, -0.25) is 4.79 Å². The number of nitrogens with two attached hydrogens (primary N) is 1. The molecule has 0 saturated heterocycles. The molecule has 1 amide bonds. The van der Waals surface area contributed by atoms with E-state index in [4.69, 9.17) is 15.2 Å². The molecule has 20 heavy (non-hydrogen) atoms. The monoisotopic (exact) mass is 278 g/mol. The zero-order valence-corrected chi connectivity index (χ0v) is 12.4. The van der Waals surface area contributed by atoms with Gasteiger partial charge in [0.05, 0.1) is 18.8 Å². The van der Waals surface area contributed by atoms with Crippen molar-refractivity contribution in [1.29, 1.82) is 0 Å². The Morgan fingerprint density at radius 3 is 2.60 bits per heavy atom. The van der Waals surface area contributed by atoms with Crippen molar-refractivity contribution in [2.24, 2.45) is 5.41 Å². The second-order valence-corrected chi connectivity index (χ2v) is 5.76. The van der Waals surface area contributed by atoms with Crippen LogP contribution in [0.5, 0.6) is 5.75 Å². The van der Waals surface area contributed by atoms with Crippen molar-refractivity contribution in [2.75, 3.05) is 20.0 Å². The first-order valence-electron chi connectivity index (χ1n) is 6.67. The number of nitrogens with one attached hydrogen (secondary N) is 1. The summed E-state index contributed by atoms with van der Waals surface area (Å²) in [4.78, 5) is 12.3. The number of anilines is 1. The molecule has 3 N–H and O–H groups in total. The van der Waals surface area contributed by atoms with Crippen LogP contribution in [-0.2, 0) is 4.74 Å². The quantitative estimate of drug-likeness (QED) is 0.824. The molecule has 1 aromatic rings. The zero-order valence-electron chi connectivity index (χ0n) is 12.4. The lowest BCUT2D eigenvalue weighted by Gasteiger charge is -2.51. The first kappa shape index (κ1) is 14.7. The van der Waals surface area contributed by atoms with Gasteiger partial charge in [0.1, 0.15) is 5.75 Å². The molecule has 2 unspecified atom stereocenters. The van der Waals surface area contributed by atoms with E-state index in [1.54, 1.807) is 32.4 Å². The Kier molecular flexibility index (Phi) is 3.90. The van der Waals surface area contributed by atoms with Gasteiger partial charge >= 0.3 is 0 Å². The first-order chi connectivity index (χ1) is 9.40. The lowest BCUT2D eigenvalue weighted by Crippen LogP contribution is -2.61. The third kappa shape index (κ3) is 2.45. The van der Waals surface area contributed by atoms with Gasteiger partial charge in [-0.1, -0.05) is 13.8 Å². The van der Waals surface area contributed by atoms with Gasteiger partial charge < -0.3 is 20.5 Å². The van der Waals surface area contributed by atoms with E-state index in [9.17, 15) is 4.79 Å². The minimum atomic E-state index is -0.155. The number of rotatable bonds is 4. The smallest absolute Gasteiger partial charge is 0.253 e. The second-order valence-electron chi connectivity index (χ2n) is 5.76. The SMILES string of the molecule is COc1ccc(C(=O)NC2CC(OC)C2(C)C)c(N)c1. The summed E-state index contributed by atoms with van der Waals surface area (Å²) in [7, 11) is 3.27. The minimum absolute atomic E-state index is 0.0638. The number of ether oxygens (including phenoxy) is 2. The third-order valence-electron chi connectivity index (χ3n) is 4.27. The summed E-state index contributed by atoms with van der Waals surface area (Å²) in [6, 6.07) is 5.16. The summed E-state index contributed by atoms with van der Waals surface area (Å²) in [6.45, 7) is 4.18. The Morgan fingerprint density at radius 1 is 1.40 bits per heavy atom. The molecule has 0 heterocycles. The fraction of sp³-hybridized carbons (Fsp3) is 0.533. The highest BCUT2D eigenvalue weighted by molar-refractivity contribution is 5.99. The highest BCUT2D eigenvalue weighted by Gasteiger charge is 2.49. The Morgan fingerprint density at radius 2 is 2.10 bits per heavy atom. The average Bonchev–Trinajstić information content (AvgIpc) is 2.42. The van der Waals surface area contributed by atoms with Crippen LogP contribution in [0.3, 0.4) is 0 Å². The summed E-state index contributed by atoms with van der Waals surface area (Å²) in [5.41, 5.74) is 6.72. The number of carbonyl (C=O) groups excluding carboxylic acids is 1. The molecule has 110 valence electrons. The van der Waals surface area contributed by atoms with Gasteiger partial charge in [0, 0.05) is 30.3 Å². The summed E-state index contributed by atoms with van der Waals surface area (Å²) >= 11 is 0. The molecule has 0 bridgehead atoms. The maximum atomic E-state index is 12.3. The average molecular weight is 278 g/mol. The molecule has 0 radical (unpaired) electrons. The van der Waals surface area contributed by atoms with Crippen LogP contribution in [0.2, 0.25) is 0 Å². The van der Waals surface area contributed by atoms with E-state index in [2.05, 4.69) is 19.2 Å². The number of hydrogen-bond donors (Lipinski definition) is 2. The number of hydrogen-bond acceptors (Lipinski definition) is 4. The molecule has 5 nitrogen and oxygen atoms in total. The Bertz CT molecular complexity index is 514. The molecule has 1 saturated carbocycles. The van der Waals surface area contributed by atoms with Crippen LogP contribution < -0.4 is 15.8 Å². The number of carbonyl (C=O) groups is 1. The largest absolute Gasteiger partial charge is 0.497 e. The van der Waals surface area contributed by atoms with E-state index >= 15 is 0 Å². The molecule has 1 fully saturated rings. The van der Waals surface area contributed by atoms with E-state index < -0.39 is 0 Å². The van der Waals surface area contributed by atoms with E-state index in [-0.39, 0.29) is 23.5 Å². The molecule has 0 aromatic heterocycles. The number of benzene rings is 1. The van der Waals surface area contributed by atoms with Crippen molar-refractivity contribution in [3.05, 3.63) is 23.8 Å². The van der Waals surface area contributed by atoms with Gasteiger partial charge in [-0.25, -0.2) is 0 Å². The summed E-state index contributed by atoms with van der Waals surface area (Å²) in [5, 5.41) is 3.03. The van der Waals surface area contributed by atoms with Crippen molar-refractivity contribution >= 4 is 11.6 Å². The molecular formula is C15H22N2O3. The van der Waals surface area contributed by atoms with Crippen LogP contribution in [-0.4, -0.2) is 32.3 Å². The highest BCUT2D eigenvalue weighted by Crippen LogP contribution is 2.42. The van der Waals surface area contributed by atoms with Crippen molar-refractivity contribution < 1.29 is 14.3 Å². The van der Waals surface area contributed by atoms with E-state index in [1.165, 1.54) is 0 Å². The summed E-state index contributed by atoms with van der Waals surface area (Å²) in [5.74, 6) is 0.486. The summed E-state index contributed by atoms with van der Waals surface area (Å²) < 4.78 is 10.5. The summed E-state index contributed by atoms with van der Waals surface area (Å²) in [6.07, 6.45) is 1.01. The molecule has 1 aliphatic carbocycles. The maximum absolute atomic E-state index is 12.3. The lowest BCUT2D eigenvalue weighted by atomic mass is 9.64. The molecule has 2 atom stereocenters. The van der Waals surface area contributed by atoms with E-state index in [0.717, 1.165) is 6.42 Å². The molecular weight excluding hydrogens is 256 g/mol. The second kappa shape index (κ2) is 5.32. The van der Waals surface area contributed by atoms with Gasteiger partial charge in [0.15, 0.2) is 0 Å². The fourth-order valence-electron chi connectivity index (χ4n) is 2.64. The predicted octanol–water partition coefficient (Wildman–Crippen LogP) is 1.82. The standard InChI is InChI=1S/C15H22N2O3/c1-15(2)12(8-13(15)20-4)17-14(18)10-6-5-9(19-3)7-11(10)16/h5-7,12-13H,8,16H2,1-4H3,(H,17,18). The molecule has 5 heteroatoms. The number of nitrogen functional groups attached to an aromatic ring is 1. The van der Waals surface area contributed by atoms with Crippen molar-refractivity contribution in [1.82, 2.24) is 5.32 Å². The third-order valence-corrected chi connectivity index (χ3v) is 4.27. The Labute approximate surface area is 119 Å². The number of amides is 1. The van der Waals surface area contributed by atoms with E-state index in [0.29, 0.717) is 17.0 Å². The molecule has 1 aliphatic rings. The van der Waals surface area contributed by atoms with E-state index in [1.807, 2.05) is 0 Å². The molecule has 0 aliphatic heterocycles. The normalized spacial score (nSPS) is 23.8. The van der Waals surface area contributed by atoms with Gasteiger partial charge in [0.2, 0.25) is 0 Å². The van der Waals surface area contributed by atoms with Crippen LogP contribution in [0, 0.1) is 5.41 Å². The maximum Gasteiger partial charge on any atom is 0.253 e. The fourth-order valence-corrected chi connectivity index (χ4v) is 2.64.